The van der Waals surface area contributed by atoms with Crippen molar-refractivity contribution in [1.82, 2.24) is 10.2 Å². The lowest BCUT2D eigenvalue weighted by molar-refractivity contribution is -0.140. The normalized spacial score (nSPS) is 11.7. The fraction of sp³-hybridized carbons (Fsp3) is 0.300. The zero-order valence-corrected chi connectivity index (χ0v) is 16.3. The molecule has 138 valence electrons. The van der Waals surface area contributed by atoms with E-state index in [1.54, 1.807) is 30.0 Å². The third-order valence-electron chi connectivity index (χ3n) is 4.10. The largest absolute Gasteiger partial charge is 0.355 e. The summed E-state index contributed by atoms with van der Waals surface area (Å²) in [6, 6.07) is 14.1. The Bertz CT molecular complexity index is 745. The molecule has 0 radical (unpaired) electrons. The molecule has 0 heterocycles. The molecular formula is C20H22Cl2N2O2. The number of hydrogen-bond donors (Lipinski definition) is 1. The molecular weight excluding hydrogens is 371 g/mol. The number of halogens is 2. The number of benzene rings is 2. The highest BCUT2D eigenvalue weighted by Gasteiger charge is 2.26. The summed E-state index contributed by atoms with van der Waals surface area (Å²) in [6.07, 6.45) is 0.0368. The van der Waals surface area contributed by atoms with Gasteiger partial charge in [0.2, 0.25) is 11.8 Å². The Morgan fingerprint density at radius 3 is 2.23 bits per heavy atom. The van der Waals surface area contributed by atoms with Crippen LogP contribution >= 0.6 is 23.2 Å². The summed E-state index contributed by atoms with van der Waals surface area (Å²) in [5.74, 6) is -0.398. The Balaban J connectivity index is 2.26. The summed E-state index contributed by atoms with van der Waals surface area (Å²) in [5.41, 5.74) is 1.52. The average Bonchev–Trinajstić information content (AvgIpc) is 2.63. The second kappa shape index (κ2) is 9.60. The fourth-order valence-electron chi connectivity index (χ4n) is 2.64. The number of likely N-dealkylation sites (N-methyl/N-ethyl adjacent to an activating group) is 1. The number of amides is 2. The second-order valence-electron chi connectivity index (χ2n) is 5.95. The molecule has 6 heteroatoms. The molecule has 2 rings (SSSR count). The van der Waals surface area contributed by atoms with Crippen molar-refractivity contribution in [2.75, 3.05) is 6.54 Å². The maximum absolute atomic E-state index is 13.0. The zero-order valence-electron chi connectivity index (χ0n) is 14.8. The number of carbonyl (C=O) groups is 2. The molecule has 0 fully saturated rings. The van der Waals surface area contributed by atoms with Gasteiger partial charge >= 0.3 is 0 Å². The van der Waals surface area contributed by atoms with Gasteiger partial charge in [-0.15, -0.1) is 0 Å². The van der Waals surface area contributed by atoms with Gasteiger partial charge in [0.05, 0.1) is 6.42 Å². The molecule has 2 aromatic carbocycles. The SMILES string of the molecule is CCNC(=O)C(C)N(Cc1ccccc1)C(=O)Cc1c(Cl)cccc1Cl. The van der Waals surface area contributed by atoms with E-state index in [9.17, 15) is 9.59 Å². The Morgan fingerprint density at radius 2 is 1.65 bits per heavy atom. The summed E-state index contributed by atoms with van der Waals surface area (Å²) >= 11 is 12.4. The van der Waals surface area contributed by atoms with Gasteiger partial charge < -0.3 is 10.2 Å². The van der Waals surface area contributed by atoms with Crippen LogP contribution in [-0.4, -0.2) is 29.3 Å². The molecule has 2 amide bonds. The molecule has 0 aliphatic rings. The maximum atomic E-state index is 13.0. The van der Waals surface area contributed by atoms with Crippen LogP contribution < -0.4 is 5.32 Å². The lowest BCUT2D eigenvalue weighted by atomic mass is 10.1. The minimum Gasteiger partial charge on any atom is -0.355 e. The van der Waals surface area contributed by atoms with Gasteiger partial charge in [0.15, 0.2) is 0 Å². The molecule has 0 spiro atoms. The summed E-state index contributed by atoms with van der Waals surface area (Å²) < 4.78 is 0. The first kappa shape index (κ1) is 20.3. The summed E-state index contributed by atoms with van der Waals surface area (Å²) in [6.45, 7) is 4.41. The molecule has 2 aromatic rings. The van der Waals surface area contributed by atoms with Crippen molar-refractivity contribution in [1.29, 1.82) is 0 Å². The van der Waals surface area contributed by atoms with Gasteiger partial charge in [-0.1, -0.05) is 59.6 Å². The smallest absolute Gasteiger partial charge is 0.242 e. The topological polar surface area (TPSA) is 49.4 Å². The van der Waals surface area contributed by atoms with E-state index in [4.69, 9.17) is 23.2 Å². The van der Waals surface area contributed by atoms with Crippen molar-refractivity contribution >= 4 is 35.0 Å². The number of nitrogens with zero attached hydrogens (tertiary/aromatic N) is 1. The van der Waals surface area contributed by atoms with Crippen LogP contribution in [0.3, 0.4) is 0 Å². The quantitative estimate of drug-likeness (QED) is 0.771. The van der Waals surface area contributed by atoms with E-state index in [1.807, 2.05) is 37.3 Å². The second-order valence-corrected chi connectivity index (χ2v) is 6.77. The van der Waals surface area contributed by atoms with Gasteiger partial charge in [-0.3, -0.25) is 9.59 Å². The molecule has 0 saturated heterocycles. The molecule has 1 unspecified atom stereocenters. The average molecular weight is 393 g/mol. The maximum Gasteiger partial charge on any atom is 0.242 e. The predicted molar refractivity (Wildman–Crippen MR) is 105 cm³/mol. The van der Waals surface area contributed by atoms with E-state index in [0.29, 0.717) is 28.7 Å². The molecule has 0 saturated carbocycles. The zero-order chi connectivity index (χ0) is 19.1. The van der Waals surface area contributed by atoms with Crippen molar-refractivity contribution in [3.05, 3.63) is 69.7 Å². The highest BCUT2D eigenvalue weighted by Crippen LogP contribution is 2.25. The van der Waals surface area contributed by atoms with Crippen molar-refractivity contribution < 1.29 is 9.59 Å². The lowest BCUT2D eigenvalue weighted by Crippen LogP contribution is -2.48. The standard InChI is InChI=1S/C20H22Cl2N2O2/c1-3-23-20(26)14(2)24(13-15-8-5-4-6-9-15)19(25)12-16-17(21)10-7-11-18(16)22/h4-11,14H,3,12-13H2,1-2H3,(H,23,26). The van der Waals surface area contributed by atoms with Gasteiger partial charge in [-0.05, 0) is 37.1 Å². The molecule has 0 aromatic heterocycles. The number of hydrogen-bond acceptors (Lipinski definition) is 2. The van der Waals surface area contributed by atoms with Gasteiger partial charge in [0.25, 0.3) is 0 Å². The van der Waals surface area contributed by atoms with Crippen LogP contribution in [0.25, 0.3) is 0 Å². The van der Waals surface area contributed by atoms with Crippen LogP contribution in [0.15, 0.2) is 48.5 Å². The van der Waals surface area contributed by atoms with Crippen LogP contribution in [0.1, 0.15) is 25.0 Å². The molecule has 26 heavy (non-hydrogen) atoms. The summed E-state index contributed by atoms with van der Waals surface area (Å²) in [5, 5.41) is 3.65. The van der Waals surface area contributed by atoms with Crippen molar-refractivity contribution in [3.63, 3.8) is 0 Å². The van der Waals surface area contributed by atoms with Crippen molar-refractivity contribution in [2.24, 2.45) is 0 Å². The van der Waals surface area contributed by atoms with Crippen LogP contribution in [-0.2, 0) is 22.6 Å². The van der Waals surface area contributed by atoms with E-state index in [0.717, 1.165) is 5.56 Å². The highest BCUT2D eigenvalue weighted by molar-refractivity contribution is 6.36. The van der Waals surface area contributed by atoms with E-state index in [-0.39, 0.29) is 18.2 Å². The Hall–Kier alpha value is -2.04. The third-order valence-corrected chi connectivity index (χ3v) is 4.81. The predicted octanol–water partition coefficient (Wildman–Crippen LogP) is 4.09. The van der Waals surface area contributed by atoms with E-state index >= 15 is 0 Å². The van der Waals surface area contributed by atoms with Crippen LogP contribution in [0.4, 0.5) is 0 Å². The molecule has 1 N–H and O–H groups in total. The highest BCUT2D eigenvalue weighted by atomic mass is 35.5. The van der Waals surface area contributed by atoms with Crippen LogP contribution in [0.5, 0.6) is 0 Å². The third kappa shape index (κ3) is 5.23. The van der Waals surface area contributed by atoms with Crippen LogP contribution in [0.2, 0.25) is 10.0 Å². The minimum absolute atomic E-state index is 0.0368. The summed E-state index contributed by atoms with van der Waals surface area (Å²) in [4.78, 5) is 26.9. The Labute approximate surface area is 164 Å². The van der Waals surface area contributed by atoms with Crippen LogP contribution in [0, 0.1) is 0 Å². The Morgan fingerprint density at radius 1 is 1.04 bits per heavy atom. The number of carbonyl (C=O) groups excluding carboxylic acids is 2. The van der Waals surface area contributed by atoms with E-state index in [2.05, 4.69) is 5.32 Å². The van der Waals surface area contributed by atoms with Crippen molar-refractivity contribution in [2.45, 2.75) is 32.9 Å². The molecule has 1 atom stereocenters. The van der Waals surface area contributed by atoms with Crippen molar-refractivity contribution in [3.8, 4) is 0 Å². The van der Waals surface area contributed by atoms with Gasteiger partial charge in [-0.25, -0.2) is 0 Å². The molecule has 4 nitrogen and oxygen atoms in total. The van der Waals surface area contributed by atoms with E-state index in [1.165, 1.54) is 0 Å². The molecule has 0 aliphatic carbocycles. The first-order valence-electron chi connectivity index (χ1n) is 8.48. The molecule has 0 aliphatic heterocycles. The van der Waals surface area contributed by atoms with Gasteiger partial charge in [0, 0.05) is 23.1 Å². The van der Waals surface area contributed by atoms with Gasteiger partial charge in [-0.2, -0.15) is 0 Å². The molecule has 0 bridgehead atoms. The number of nitrogens with one attached hydrogen (secondary N) is 1. The fourth-order valence-corrected chi connectivity index (χ4v) is 3.17. The first-order chi connectivity index (χ1) is 12.4. The minimum atomic E-state index is -0.607. The summed E-state index contributed by atoms with van der Waals surface area (Å²) in [7, 11) is 0. The lowest BCUT2D eigenvalue weighted by Gasteiger charge is -2.29. The van der Waals surface area contributed by atoms with E-state index < -0.39 is 6.04 Å². The van der Waals surface area contributed by atoms with Gasteiger partial charge in [0.1, 0.15) is 6.04 Å². The number of rotatable bonds is 7. The first-order valence-corrected chi connectivity index (χ1v) is 9.23. The monoisotopic (exact) mass is 392 g/mol. The Kier molecular flexibility index (Phi) is 7.49.